The molecule has 0 fully saturated rings. The average molecular weight is 322 g/mol. The van der Waals surface area contributed by atoms with E-state index in [9.17, 15) is 5.11 Å². The molecule has 24 heavy (non-hydrogen) atoms. The van der Waals surface area contributed by atoms with Crippen molar-refractivity contribution in [1.29, 1.82) is 0 Å². The van der Waals surface area contributed by atoms with Crippen LogP contribution in [0.25, 0.3) is 11.3 Å². The van der Waals surface area contributed by atoms with Crippen molar-refractivity contribution in [2.24, 2.45) is 7.05 Å². The molecule has 1 aliphatic heterocycles. The van der Waals surface area contributed by atoms with Crippen LogP contribution in [0.3, 0.4) is 0 Å². The van der Waals surface area contributed by atoms with Gasteiger partial charge in [-0.15, -0.1) is 0 Å². The lowest BCUT2D eigenvalue weighted by Gasteiger charge is -2.19. The second-order valence-corrected chi connectivity index (χ2v) is 6.50. The molecule has 2 aromatic heterocycles. The summed E-state index contributed by atoms with van der Waals surface area (Å²) in [6, 6.07) is 8.50. The average Bonchev–Trinajstić information content (AvgIpc) is 3.25. The first-order valence-corrected chi connectivity index (χ1v) is 8.50. The Morgan fingerprint density at radius 1 is 1.29 bits per heavy atom. The predicted molar refractivity (Wildman–Crippen MR) is 92.6 cm³/mol. The Morgan fingerprint density at radius 3 is 2.96 bits per heavy atom. The van der Waals surface area contributed by atoms with Crippen molar-refractivity contribution in [2.75, 3.05) is 0 Å². The standard InChI is InChI=1S/C19H22N4O/c1-3-6-16-15(11-22(2)21-16)19(24)9-17-13-7-4-5-8-14(13)18-10-20-12-23(17)18/h4-5,7-8,10-12,17,19,24H,3,6,9H2,1-2H3/t17-,19+/m0/s1. The first kappa shape index (κ1) is 15.1. The zero-order valence-electron chi connectivity index (χ0n) is 14.1. The number of hydrogen-bond donors (Lipinski definition) is 1. The van der Waals surface area contributed by atoms with Crippen LogP contribution in [0.1, 0.15) is 48.7 Å². The second-order valence-electron chi connectivity index (χ2n) is 6.50. The topological polar surface area (TPSA) is 55.9 Å². The highest BCUT2D eigenvalue weighted by molar-refractivity contribution is 5.68. The molecule has 0 aliphatic carbocycles. The van der Waals surface area contributed by atoms with Crippen molar-refractivity contribution in [3.05, 3.63) is 59.8 Å². The van der Waals surface area contributed by atoms with E-state index in [-0.39, 0.29) is 6.04 Å². The van der Waals surface area contributed by atoms with Gasteiger partial charge in [-0.05, 0) is 12.0 Å². The fraction of sp³-hybridized carbons (Fsp3) is 0.368. The van der Waals surface area contributed by atoms with Crippen LogP contribution in [0, 0.1) is 0 Å². The van der Waals surface area contributed by atoms with E-state index in [0.717, 1.165) is 29.8 Å². The van der Waals surface area contributed by atoms with E-state index >= 15 is 0 Å². The van der Waals surface area contributed by atoms with Crippen LogP contribution in [0.15, 0.2) is 43.0 Å². The number of aryl methyl sites for hydroxylation is 2. The zero-order valence-corrected chi connectivity index (χ0v) is 14.1. The summed E-state index contributed by atoms with van der Waals surface area (Å²) in [7, 11) is 1.91. The van der Waals surface area contributed by atoms with Gasteiger partial charge in [0.25, 0.3) is 0 Å². The number of aromatic nitrogens is 4. The molecule has 3 heterocycles. The van der Waals surface area contributed by atoms with E-state index in [4.69, 9.17) is 0 Å². The quantitative estimate of drug-likeness (QED) is 0.784. The van der Waals surface area contributed by atoms with Crippen LogP contribution in [0.5, 0.6) is 0 Å². The third-order valence-electron chi connectivity index (χ3n) is 4.83. The van der Waals surface area contributed by atoms with E-state index < -0.39 is 6.10 Å². The van der Waals surface area contributed by atoms with Crippen LogP contribution in [0.2, 0.25) is 0 Å². The van der Waals surface area contributed by atoms with Crippen LogP contribution in [-0.4, -0.2) is 24.4 Å². The lowest BCUT2D eigenvalue weighted by Crippen LogP contribution is -2.11. The molecule has 1 aromatic carbocycles. The fourth-order valence-corrected chi connectivity index (χ4v) is 3.77. The Balaban J connectivity index is 1.66. The molecule has 0 bridgehead atoms. The Hall–Kier alpha value is -2.40. The number of aliphatic hydroxyl groups is 1. The smallest absolute Gasteiger partial charge is 0.0956 e. The molecule has 0 radical (unpaired) electrons. The van der Waals surface area contributed by atoms with Crippen molar-refractivity contribution in [3.8, 4) is 11.3 Å². The van der Waals surface area contributed by atoms with Crippen LogP contribution in [-0.2, 0) is 13.5 Å². The maximum absolute atomic E-state index is 10.9. The third-order valence-corrected chi connectivity index (χ3v) is 4.83. The van der Waals surface area contributed by atoms with Gasteiger partial charge >= 0.3 is 0 Å². The largest absolute Gasteiger partial charge is 0.388 e. The molecule has 3 aromatic rings. The molecular weight excluding hydrogens is 300 g/mol. The molecule has 4 rings (SSSR count). The Labute approximate surface area is 141 Å². The second kappa shape index (κ2) is 5.91. The lowest BCUT2D eigenvalue weighted by atomic mass is 9.95. The molecule has 124 valence electrons. The summed E-state index contributed by atoms with van der Waals surface area (Å²) >= 11 is 0. The molecular formula is C19H22N4O. The minimum Gasteiger partial charge on any atom is -0.388 e. The van der Waals surface area contributed by atoms with E-state index in [1.165, 1.54) is 11.1 Å². The van der Waals surface area contributed by atoms with Crippen LogP contribution < -0.4 is 0 Å². The normalized spacial score (nSPS) is 16.9. The number of fused-ring (bicyclic) bond motifs is 3. The minimum absolute atomic E-state index is 0.114. The molecule has 2 atom stereocenters. The summed E-state index contributed by atoms with van der Waals surface area (Å²) in [5.74, 6) is 0. The molecule has 0 saturated heterocycles. The predicted octanol–water partition coefficient (Wildman–Crippen LogP) is 3.26. The highest BCUT2D eigenvalue weighted by Gasteiger charge is 2.31. The van der Waals surface area contributed by atoms with Gasteiger partial charge in [0.2, 0.25) is 0 Å². The van der Waals surface area contributed by atoms with Crippen molar-refractivity contribution < 1.29 is 5.11 Å². The van der Waals surface area contributed by atoms with Crippen molar-refractivity contribution >= 4 is 0 Å². The minimum atomic E-state index is -0.536. The first-order valence-electron chi connectivity index (χ1n) is 8.50. The van der Waals surface area contributed by atoms with Gasteiger partial charge in [0.05, 0.1) is 36.1 Å². The van der Waals surface area contributed by atoms with Gasteiger partial charge in [0, 0.05) is 30.8 Å². The van der Waals surface area contributed by atoms with Gasteiger partial charge in [0.1, 0.15) is 0 Å². The van der Waals surface area contributed by atoms with Gasteiger partial charge in [-0.1, -0.05) is 37.6 Å². The number of rotatable bonds is 5. The maximum atomic E-state index is 10.9. The molecule has 0 saturated carbocycles. The third kappa shape index (κ3) is 2.36. The van der Waals surface area contributed by atoms with Gasteiger partial charge < -0.3 is 9.67 Å². The first-order chi connectivity index (χ1) is 11.7. The van der Waals surface area contributed by atoms with Crippen molar-refractivity contribution in [1.82, 2.24) is 19.3 Å². The summed E-state index contributed by atoms with van der Waals surface area (Å²) in [6.45, 7) is 2.13. The Morgan fingerprint density at radius 2 is 2.12 bits per heavy atom. The molecule has 0 amide bonds. The summed E-state index contributed by atoms with van der Waals surface area (Å²) in [5, 5.41) is 15.4. The Kier molecular flexibility index (Phi) is 3.73. The molecule has 1 aliphatic rings. The number of nitrogens with zero attached hydrogens (tertiary/aromatic N) is 4. The van der Waals surface area contributed by atoms with E-state index in [2.05, 4.69) is 45.8 Å². The SMILES string of the molecule is CCCc1nn(C)cc1[C@H](O)C[C@H]1c2ccccc2-c2cncn21. The zero-order chi connectivity index (χ0) is 16.7. The summed E-state index contributed by atoms with van der Waals surface area (Å²) in [4.78, 5) is 4.29. The van der Waals surface area contributed by atoms with E-state index in [1.807, 2.05) is 25.8 Å². The van der Waals surface area contributed by atoms with E-state index in [0.29, 0.717) is 6.42 Å². The summed E-state index contributed by atoms with van der Waals surface area (Å²) in [5.41, 5.74) is 5.56. The van der Waals surface area contributed by atoms with Gasteiger partial charge in [-0.25, -0.2) is 4.98 Å². The van der Waals surface area contributed by atoms with E-state index in [1.54, 1.807) is 4.68 Å². The molecule has 5 heteroatoms. The van der Waals surface area contributed by atoms with Crippen LogP contribution >= 0.6 is 0 Å². The van der Waals surface area contributed by atoms with Gasteiger partial charge in [-0.3, -0.25) is 4.68 Å². The number of imidazole rings is 1. The van der Waals surface area contributed by atoms with Crippen LogP contribution in [0.4, 0.5) is 0 Å². The van der Waals surface area contributed by atoms with Crippen molar-refractivity contribution in [3.63, 3.8) is 0 Å². The number of aliphatic hydroxyl groups excluding tert-OH is 1. The molecule has 0 spiro atoms. The van der Waals surface area contributed by atoms with Gasteiger partial charge in [-0.2, -0.15) is 5.10 Å². The number of benzene rings is 1. The van der Waals surface area contributed by atoms with Gasteiger partial charge in [0.15, 0.2) is 0 Å². The number of hydrogen-bond acceptors (Lipinski definition) is 3. The maximum Gasteiger partial charge on any atom is 0.0956 e. The summed E-state index contributed by atoms with van der Waals surface area (Å²) < 4.78 is 3.97. The monoisotopic (exact) mass is 322 g/mol. The highest BCUT2D eigenvalue weighted by atomic mass is 16.3. The Bertz CT molecular complexity index is 864. The lowest BCUT2D eigenvalue weighted by molar-refractivity contribution is 0.152. The molecule has 0 unspecified atom stereocenters. The molecule has 5 nitrogen and oxygen atoms in total. The molecule has 1 N–H and O–H groups in total. The fourth-order valence-electron chi connectivity index (χ4n) is 3.77. The summed E-state index contributed by atoms with van der Waals surface area (Å²) in [6.07, 6.45) is 7.72. The highest BCUT2D eigenvalue weighted by Crippen LogP contribution is 2.43. The van der Waals surface area contributed by atoms with Crippen molar-refractivity contribution in [2.45, 2.75) is 38.3 Å².